The zero-order valence-corrected chi connectivity index (χ0v) is 14.0. The number of aromatic nitrogens is 3. The maximum Gasteiger partial charge on any atom is 0.324 e. The molecule has 6 nitrogen and oxygen atoms in total. The summed E-state index contributed by atoms with van der Waals surface area (Å²) in [7, 11) is 0. The predicted octanol–water partition coefficient (Wildman–Crippen LogP) is 3.29. The summed E-state index contributed by atoms with van der Waals surface area (Å²) in [6.45, 7) is 13.1. The van der Waals surface area contributed by atoms with Crippen LogP contribution in [0.1, 0.15) is 54.4 Å². The summed E-state index contributed by atoms with van der Waals surface area (Å²) < 4.78 is 11.3. The largest absolute Gasteiger partial charge is 0.461 e. The Bertz CT molecular complexity index is 424. The van der Waals surface area contributed by atoms with Crippen LogP contribution in [0.2, 0.25) is 0 Å². The Morgan fingerprint density at radius 3 is 2.10 bits per heavy atom. The SMILES string of the molecule is CCCNc1nc(OC(C)C)nc(OC(C)CC(C)C)n1. The fraction of sp³-hybridized carbons (Fsp3) is 0.800. The molecule has 1 rings (SSSR count). The number of ether oxygens (including phenoxy) is 2. The Balaban J connectivity index is 2.84. The van der Waals surface area contributed by atoms with Gasteiger partial charge in [0, 0.05) is 6.54 Å². The topological polar surface area (TPSA) is 69.2 Å². The minimum atomic E-state index is 0.00682. The molecule has 0 aliphatic rings. The second-order valence-corrected chi connectivity index (χ2v) is 5.88. The van der Waals surface area contributed by atoms with Crippen LogP contribution in [0.4, 0.5) is 5.95 Å². The number of hydrogen-bond acceptors (Lipinski definition) is 6. The molecule has 0 amide bonds. The molecule has 1 aromatic rings. The summed E-state index contributed by atoms with van der Waals surface area (Å²) in [5, 5.41) is 3.14. The van der Waals surface area contributed by atoms with Crippen molar-refractivity contribution in [1.29, 1.82) is 0 Å². The molecule has 1 heterocycles. The van der Waals surface area contributed by atoms with Crippen LogP contribution in [0.25, 0.3) is 0 Å². The van der Waals surface area contributed by atoms with E-state index in [2.05, 4.69) is 41.0 Å². The van der Waals surface area contributed by atoms with E-state index in [0.29, 0.717) is 23.9 Å². The zero-order chi connectivity index (χ0) is 15.8. The van der Waals surface area contributed by atoms with Crippen LogP contribution < -0.4 is 14.8 Å². The van der Waals surface area contributed by atoms with E-state index in [1.54, 1.807) is 0 Å². The van der Waals surface area contributed by atoms with Crippen LogP contribution >= 0.6 is 0 Å². The van der Waals surface area contributed by atoms with E-state index in [9.17, 15) is 0 Å². The van der Waals surface area contributed by atoms with Gasteiger partial charge in [-0.3, -0.25) is 0 Å². The van der Waals surface area contributed by atoms with Crippen molar-refractivity contribution in [2.45, 2.75) is 66.6 Å². The van der Waals surface area contributed by atoms with Crippen molar-refractivity contribution < 1.29 is 9.47 Å². The Kier molecular flexibility index (Phi) is 7.19. The number of nitrogens with zero attached hydrogens (tertiary/aromatic N) is 3. The van der Waals surface area contributed by atoms with E-state index in [1.807, 2.05) is 20.8 Å². The predicted molar refractivity (Wildman–Crippen MR) is 83.9 cm³/mol. The van der Waals surface area contributed by atoms with Gasteiger partial charge in [0.25, 0.3) is 0 Å². The number of hydrogen-bond donors (Lipinski definition) is 1. The van der Waals surface area contributed by atoms with Crippen molar-refractivity contribution in [1.82, 2.24) is 15.0 Å². The second-order valence-electron chi connectivity index (χ2n) is 5.88. The van der Waals surface area contributed by atoms with Gasteiger partial charge in [-0.1, -0.05) is 20.8 Å². The van der Waals surface area contributed by atoms with E-state index in [0.717, 1.165) is 19.4 Å². The first-order chi connectivity index (χ1) is 9.90. The normalized spacial score (nSPS) is 12.6. The molecule has 0 aliphatic heterocycles. The molecule has 0 saturated carbocycles. The number of anilines is 1. The molecule has 0 radical (unpaired) electrons. The molecule has 21 heavy (non-hydrogen) atoms. The molecular formula is C15H28N4O2. The Morgan fingerprint density at radius 2 is 1.57 bits per heavy atom. The van der Waals surface area contributed by atoms with Gasteiger partial charge in [-0.2, -0.15) is 9.97 Å². The molecule has 0 bridgehead atoms. The Morgan fingerprint density at radius 1 is 0.952 bits per heavy atom. The van der Waals surface area contributed by atoms with Gasteiger partial charge >= 0.3 is 12.0 Å². The van der Waals surface area contributed by atoms with Gasteiger partial charge in [0.05, 0.1) is 12.2 Å². The highest BCUT2D eigenvalue weighted by atomic mass is 16.5. The lowest BCUT2D eigenvalue weighted by atomic mass is 10.1. The van der Waals surface area contributed by atoms with Crippen LogP contribution in [0.15, 0.2) is 0 Å². The van der Waals surface area contributed by atoms with Gasteiger partial charge < -0.3 is 14.8 Å². The monoisotopic (exact) mass is 296 g/mol. The van der Waals surface area contributed by atoms with Gasteiger partial charge in [0.1, 0.15) is 0 Å². The molecule has 6 heteroatoms. The quantitative estimate of drug-likeness (QED) is 0.754. The minimum Gasteiger partial charge on any atom is -0.461 e. The van der Waals surface area contributed by atoms with E-state index in [1.165, 1.54) is 0 Å². The molecule has 0 spiro atoms. The van der Waals surface area contributed by atoms with Gasteiger partial charge in [0.15, 0.2) is 0 Å². The first-order valence-corrected chi connectivity index (χ1v) is 7.74. The third kappa shape index (κ3) is 7.11. The number of nitrogens with one attached hydrogen (secondary N) is 1. The lowest BCUT2D eigenvalue weighted by Gasteiger charge is -2.16. The first kappa shape index (κ1) is 17.5. The van der Waals surface area contributed by atoms with Crippen LogP contribution in [0.5, 0.6) is 12.0 Å². The van der Waals surface area contributed by atoms with Gasteiger partial charge in [-0.25, -0.2) is 0 Å². The maximum atomic E-state index is 5.79. The fourth-order valence-corrected chi connectivity index (χ4v) is 1.86. The van der Waals surface area contributed by atoms with Crippen molar-refractivity contribution in [3.63, 3.8) is 0 Å². The smallest absolute Gasteiger partial charge is 0.324 e. The molecule has 0 aliphatic carbocycles. The summed E-state index contributed by atoms with van der Waals surface area (Å²) in [6, 6.07) is 0.609. The second kappa shape index (κ2) is 8.64. The third-order valence-corrected chi connectivity index (χ3v) is 2.58. The van der Waals surface area contributed by atoms with Gasteiger partial charge in [-0.15, -0.1) is 4.98 Å². The van der Waals surface area contributed by atoms with Crippen molar-refractivity contribution in [3.8, 4) is 12.0 Å². The first-order valence-electron chi connectivity index (χ1n) is 7.74. The molecule has 1 atom stereocenters. The average Bonchev–Trinajstić information content (AvgIpc) is 2.34. The summed E-state index contributed by atoms with van der Waals surface area (Å²) >= 11 is 0. The minimum absolute atomic E-state index is 0.00682. The molecule has 120 valence electrons. The molecule has 1 unspecified atom stereocenters. The van der Waals surface area contributed by atoms with E-state index in [-0.39, 0.29) is 12.2 Å². The van der Waals surface area contributed by atoms with Crippen LogP contribution in [0.3, 0.4) is 0 Å². The molecule has 0 aromatic carbocycles. The summed E-state index contributed by atoms with van der Waals surface area (Å²) in [6.07, 6.45) is 2.00. The number of rotatable bonds is 9. The van der Waals surface area contributed by atoms with Crippen LogP contribution in [-0.2, 0) is 0 Å². The Labute approximate surface area is 127 Å². The lowest BCUT2D eigenvalue weighted by molar-refractivity contribution is 0.168. The van der Waals surface area contributed by atoms with Gasteiger partial charge in [-0.05, 0) is 39.5 Å². The summed E-state index contributed by atoms with van der Waals surface area (Å²) in [5.74, 6) is 1.06. The average molecular weight is 296 g/mol. The fourth-order valence-electron chi connectivity index (χ4n) is 1.86. The van der Waals surface area contributed by atoms with Crippen LogP contribution in [0, 0.1) is 5.92 Å². The molecule has 1 N–H and O–H groups in total. The highest BCUT2D eigenvalue weighted by Gasteiger charge is 2.13. The van der Waals surface area contributed by atoms with E-state index in [4.69, 9.17) is 9.47 Å². The molecular weight excluding hydrogens is 268 g/mol. The molecule has 1 aromatic heterocycles. The van der Waals surface area contributed by atoms with Crippen molar-refractivity contribution in [3.05, 3.63) is 0 Å². The highest BCUT2D eigenvalue weighted by molar-refractivity contribution is 5.27. The zero-order valence-electron chi connectivity index (χ0n) is 14.0. The molecule has 0 fully saturated rings. The van der Waals surface area contributed by atoms with Crippen molar-refractivity contribution in [2.24, 2.45) is 5.92 Å². The van der Waals surface area contributed by atoms with Crippen LogP contribution in [-0.4, -0.2) is 33.7 Å². The van der Waals surface area contributed by atoms with Crippen molar-refractivity contribution in [2.75, 3.05) is 11.9 Å². The van der Waals surface area contributed by atoms with Gasteiger partial charge in [0.2, 0.25) is 5.95 Å². The molecule has 0 saturated heterocycles. The highest BCUT2D eigenvalue weighted by Crippen LogP contribution is 2.17. The maximum absolute atomic E-state index is 5.79. The standard InChI is InChI=1S/C15H28N4O2/c1-7-8-16-13-17-14(20-11(4)5)19-15(18-13)21-12(6)9-10(2)3/h10-12H,7-9H2,1-6H3,(H,16,17,18,19). The summed E-state index contributed by atoms with van der Waals surface area (Å²) in [4.78, 5) is 12.8. The van der Waals surface area contributed by atoms with Crippen molar-refractivity contribution >= 4 is 5.95 Å². The lowest BCUT2D eigenvalue weighted by Crippen LogP contribution is -2.18. The van der Waals surface area contributed by atoms with E-state index >= 15 is 0 Å². The summed E-state index contributed by atoms with van der Waals surface area (Å²) in [5.41, 5.74) is 0. The third-order valence-electron chi connectivity index (χ3n) is 2.58. The Hall–Kier alpha value is -1.59. The van der Waals surface area contributed by atoms with E-state index < -0.39 is 0 Å².